The van der Waals surface area contributed by atoms with E-state index in [4.69, 9.17) is 4.74 Å². The quantitative estimate of drug-likeness (QED) is 0.693. The van der Waals surface area contributed by atoms with Crippen LogP contribution >= 0.6 is 11.3 Å². The largest absolute Gasteiger partial charge is 0.383 e. The second-order valence-electron chi connectivity index (χ2n) is 6.37. The molecule has 1 saturated carbocycles. The Morgan fingerprint density at radius 1 is 1.36 bits per heavy atom. The van der Waals surface area contributed by atoms with Gasteiger partial charge in [-0.15, -0.1) is 0 Å². The maximum absolute atomic E-state index is 12.1. The van der Waals surface area contributed by atoms with Gasteiger partial charge < -0.3 is 20.3 Å². The lowest BCUT2D eigenvalue weighted by Gasteiger charge is -2.26. The second-order valence-corrected chi connectivity index (χ2v) is 7.45. The van der Waals surface area contributed by atoms with Crippen molar-refractivity contribution < 1.29 is 14.3 Å². The smallest absolute Gasteiger partial charge is 0.321 e. The van der Waals surface area contributed by atoms with Gasteiger partial charge in [0.25, 0.3) is 0 Å². The molecule has 25 heavy (non-hydrogen) atoms. The molecule has 2 aliphatic rings. The molecule has 0 unspecified atom stereocenters. The number of fused-ring (bicyclic) bond motifs is 1. The normalized spacial score (nSPS) is 17.2. The van der Waals surface area contributed by atoms with Crippen molar-refractivity contribution >= 4 is 28.5 Å². The number of aromatic nitrogens is 1. The Morgan fingerprint density at radius 2 is 2.16 bits per heavy atom. The van der Waals surface area contributed by atoms with Crippen LogP contribution in [0, 0.1) is 0 Å². The standard InChI is InChI=1S/C16H25N5O3S/c1-24-9-7-17-16(23)21-8-6-12-13(10-21)25-15(19-12)20-14(22)18-11-4-2-3-5-11/h11H,2-10H2,1H3,(H,17,23)(H2,18,19,20,22). The van der Waals surface area contributed by atoms with Gasteiger partial charge in [0.15, 0.2) is 5.13 Å². The van der Waals surface area contributed by atoms with Crippen LogP contribution in [0.15, 0.2) is 0 Å². The van der Waals surface area contributed by atoms with Gasteiger partial charge in [-0.2, -0.15) is 0 Å². The highest BCUT2D eigenvalue weighted by molar-refractivity contribution is 7.15. The predicted molar refractivity (Wildman–Crippen MR) is 95.9 cm³/mol. The Morgan fingerprint density at radius 3 is 2.92 bits per heavy atom. The summed E-state index contributed by atoms with van der Waals surface area (Å²) < 4.78 is 4.94. The number of amides is 4. The Labute approximate surface area is 151 Å². The fourth-order valence-corrected chi connectivity index (χ4v) is 4.20. The molecule has 9 heteroatoms. The molecule has 0 atom stereocenters. The first-order valence-electron chi connectivity index (χ1n) is 8.73. The molecule has 1 aliphatic heterocycles. The van der Waals surface area contributed by atoms with Gasteiger partial charge in [-0.3, -0.25) is 5.32 Å². The number of rotatable bonds is 5. The fourth-order valence-electron chi connectivity index (χ4n) is 3.18. The summed E-state index contributed by atoms with van der Waals surface area (Å²) in [6.07, 6.45) is 5.16. The molecular formula is C16H25N5O3S. The van der Waals surface area contributed by atoms with Crippen molar-refractivity contribution in [1.82, 2.24) is 20.5 Å². The minimum absolute atomic E-state index is 0.0930. The molecule has 3 N–H and O–H groups in total. The molecule has 0 saturated heterocycles. The molecule has 8 nitrogen and oxygen atoms in total. The second kappa shape index (κ2) is 8.48. The van der Waals surface area contributed by atoms with Gasteiger partial charge in [0.1, 0.15) is 0 Å². The third-order valence-electron chi connectivity index (χ3n) is 4.51. The number of nitrogens with one attached hydrogen (secondary N) is 3. The molecule has 1 aliphatic carbocycles. The topological polar surface area (TPSA) is 95.6 Å². The van der Waals surface area contributed by atoms with Crippen LogP contribution in [0.2, 0.25) is 0 Å². The first-order chi connectivity index (χ1) is 12.2. The number of thiazole rings is 1. The Balaban J connectivity index is 1.51. The number of hydrogen-bond acceptors (Lipinski definition) is 5. The highest BCUT2D eigenvalue weighted by Gasteiger charge is 2.25. The number of urea groups is 2. The molecule has 1 fully saturated rings. The van der Waals surface area contributed by atoms with E-state index in [0.29, 0.717) is 37.8 Å². The summed E-state index contributed by atoms with van der Waals surface area (Å²) in [6.45, 7) is 2.14. The van der Waals surface area contributed by atoms with Crippen LogP contribution in [-0.2, 0) is 17.7 Å². The van der Waals surface area contributed by atoms with E-state index in [1.165, 1.54) is 24.2 Å². The number of carbonyl (C=O) groups excluding carboxylic acids is 2. The van der Waals surface area contributed by atoms with Crippen molar-refractivity contribution in [3.63, 3.8) is 0 Å². The zero-order chi connectivity index (χ0) is 17.6. The van der Waals surface area contributed by atoms with Crippen LogP contribution in [0.4, 0.5) is 14.7 Å². The lowest BCUT2D eigenvalue weighted by atomic mass is 10.2. The minimum atomic E-state index is -0.188. The van der Waals surface area contributed by atoms with Crippen LogP contribution < -0.4 is 16.0 Å². The third kappa shape index (κ3) is 4.82. The molecule has 1 aromatic heterocycles. The Kier molecular flexibility index (Phi) is 6.09. The van der Waals surface area contributed by atoms with Crippen molar-refractivity contribution in [2.75, 3.05) is 32.1 Å². The van der Waals surface area contributed by atoms with Gasteiger partial charge in [-0.05, 0) is 12.8 Å². The maximum atomic E-state index is 12.1. The first kappa shape index (κ1) is 17.9. The van der Waals surface area contributed by atoms with Crippen LogP contribution in [0.1, 0.15) is 36.3 Å². The highest BCUT2D eigenvalue weighted by atomic mass is 32.1. The minimum Gasteiger partial charge on any atom is -0.383 e. The van der Waals surface area contributed by atoms with Gasteiger partial charge in [0.05, 0.1) is 18.8 Å². The Hall–Kier alpha value is -1.87. The van der Waals surface area contributed by atoms with Gasteiger partial charge in [0.2, 0.25) is 0 Å². The van der Waals surface area contributed by atoms with E-state index in [9.17, 15) is 9.59 Å². The average Bonchev–Trinajstić information content (AvgIpc) is 3.23. The SMILES string of the molecule is COCCNC(=O)N1CCc2nc(NC(=O)NC3CCCC3)sc2C1. The van der Waals surface area contributed by atoms with Crippen molar-refractivity contribution in [1.29, 1.82) is 0 Å². The summed E-state index contributed by atoms with van der Waals surface area (Å²) in [4.78, 5) is 31.5. The van der Waals surface area contributed by atoms with Gasteiger partial charge in [-0.25, -0.2) is 14.6 Å². The van der Waals surface area contributed by atoms with Crippen LogP contribution in [0.5, 0.6) is 0 Å². The summed E-state index contributed by atoms with van der Waals surface area (Å²) in [5, 5.41) is 9.26. The zero-order valence-corrected chi connectivity index (χ0v) is 15.3. The van der Waals surface area contributed by atoms with Crippen molar-refractivity contribution in [2.24, 2.45) is 0 Å². The number of methoxy groups -OCH3 is 1. The van der Waals surface area contributed by atoms with Crippen LogP contribution in [0.25, 0.3) is 0 Å². The molecule has 0 spiro atoms. The van der Waals surface area contributed by atoms with E-state index < -0.39 is 0 Å². The molecule has 2 heterocycles. The third-order valence-corrected chi connectivity index (χ3v) is 5.51. The highest BCUT2D eigenvalue weighted by Crippen LogP contribution is 2.28. The van der Waals surface area contributed by atoms with Crippen LogP contribution in [0.3, 0.4) is 0 Å². The molecule has 138 valence electrons. The fraction of sp³-hybridized carbons (Fsp3) is 0.688. The summed E-state index contributed by atoms with van der Waals surface area (Å²) in [5.74, 6) is 0. The molecule has 0 aromatic carbocycles. The maximum Gasteiger partial charge on any atom is 0.321 e. The molecule has 0 radical (unpaired) electrons. The van der Waals surface area contributed by atoms with E-state index in [2.05, 4.69) is 20.9 Å². The van der Waals surface area contributed by atoms with Gasteiger partial charge in [-0.1, -0.05) is 24.2 Å². The average molecular weight is 367 g/mol. The van der Waals surface area contributed by atoms with E-state index in [1.54, 1.807) is 12.0 Å². The first-order valence-corrected chi connectivity index (χ1v) is 9.55. The van der Waals surface area contributed by atoms with E-state index in [0.717, 1.165) is 23.4 Å². The molecule has 4 amide bonds. The lowest BCUT2D eigenvalue weighted by molar-refractivity contribution is 0.176. The number of hydrogen-bond donors (Lipinski definition) is 3. The van der Waals surface area contributed by atoms with Crippen molar-refractivity contribution in [3.05, 3.63) is 10.6 Å². The molecule has 0 bridgehead atoms. The van der Waals surface area contributed by atoms with Crippen molar-refractivity contribution in [2.45, 2.75) is 44.7 Å². The van der Waals surface area contributed by atoms with Gasteiger partial charge >= 0.3 is 12.1 Å². The zero-order valence-electron chi connectivity index (χ0n) is 14.5. The van der Waals surface area contributed by atoms with Gasteiger partial charge in [0, 0.05) is 37.5 Å². The number of nitrogens with zero attached hydrogens (tertiary/aromatic N) is 2. The molecule has 3 rings (SSSR count). The van der Waals surface area contributed by atoms with Crippen molar-refractivity contribution in [3.8, 4) is 0 Å². The number of anilines is 1. The van der Waals surface area contributed by atoms with E-state index in [1.807, 2.05) is 0 Å². The van der Waals surface area contributed by atoms with E-state index >= 15 is 0 Å². The van der Waals surface area contributed by atoms with E-state index in [-0.39, 0.29) is 18.1 Å². The van der Waals surface area contributed by atoms with Crippen LogP contribution in [-0.4, -0.2) is 54.8 Å². The predicted octanol–water partition coefficient (Wildman–Crippen LogP) is 1.92. The monoisotopic (exact) mass is 367 g/mol. The number of ether oxygens (including phenoxy) is 1. The Bertz CT molecular complexity index is 615. The molecule has 1 aromatic rings. The summed E-state index contributed by atoms with van der Waals surface area (Å²) in [7, 11) is 1.61. The molecular weight excluding hydrogens is 342 g/mol. The lowest BCUT2D eigenvalue weighted by Crippen LogP contribution is -2.43. The summed E-state index contributed by atoms with van der Waals surface area (Å²) in [6, 6.07) is -0.00220. The number of carbonyl (C=O) groups is 2. The summed E-state index contributed by atoms with van der Waals surface area (Å²) >= 11 is 1.44. The summed E-state index contributed by atoms with van der Waals surface area (Å²) in [5.41, 5.74) is 0.974.